The molecule has 31 heavy (non-hydrogen) atoms. The molecule has 4 aromatic rings. The molecular formula is C25H26FN3OS. The Bertz CT molecular complexity index is 1240. The molecule has 0 bridgehead atoms. The number of nitrogens with one attached hydrogen (secondary N) is 1. The highest BCUT2D eigenvalue weighted by Crippen LogP contribution is 2.30. The van der Waals surface area contributed by atoms with Gasteiger partial charge in [-0.15, -0.1) is 11.3 Å². The molecule has 1 N–H and O–H groups in total. The van der Waals surface area contributed by atoms with E-state index in [0.717, 1.165) is 78.2 Å². The lowest BCUT2D eigenvalue weighted by molar-refractivity contribution is 0.265. The van der Waals surface area contributed by atoms with E-state index in [1.54, 1.807) is 17.4 Å². The smallest absolute Gasteiger partial charge is 0.123 e. The van der Waals surface area contributed by atoms with Gasteiger partial charge in [0.25, 0.3) is 0 Å². The normalized spacial score (nSPS) is 15.0. The highest BCUT2D eigenvalue weighted by atomic mass is 32.1. The van der Waals surface area contributed by atoms with E-state index >= 15 is 0 Å². The van der Waals surface area contributed by atoms with E-state index in [-0.39, 0.29) is 5.82 Å². The molecule has 0 radical (unpaired) electrons. The van der Waals surface area contributed by atoms with Crippen molar-refractivity contribution in [1.29, 1.82) is 0 Å². The first-order valence-electron chi connectivity index (χ1n) is 10.8. The molecule has 2 aromatic heterocycles. The average molecular weight is 436 g/mol. The summed E-state index contributed by atoms with van der Waals surface area (Å²) in [6.07, 6.45) is 7.43. The quantitative estimate of drug-likeness (QED) is 0.353. The Morgan fingerprint density at radius 2 is 2.13 bits per heavy atom. The fraction of sp³-hybridized carbons (Fsp3) is 0.320. The van der Waals surface area contributed by atoms with Crippen molar-refractivity contribution in [1.82, 2.24) is 14.9 Å². The molecule has 0 unspecified atom stereocenters. The van der Waals surface area contributed by atoms with Crippen molar-refractivity contribution >= 4 is 38.0 Å². The average Bonchev–Trinajstić information content (AvgIpc) is 3.35. The van der Waals surface area contributed by atoms with Gasteiger partial charge in [-0.25, -0.2) is 9.37 Å². The molecule has 0 saturated carbocycles. The van der Waals surface area contributed by atoms with Crippen LogP contribution in [0, 0.1) is 12.7 Å². The highest BCUT2D eigenvalue weighted by Gasteiger charge is 2.15. The van der Waals surface area contributed by atoms with Crippen LogP contribution in [0.15, 0.2) is 48.7 Å². The Kier molecular flexibility index (Phi) is 5.74. The molecule has 3 heterocycles. The van der Waals surface area contributed by atoms with Crippen LogP contribution < -0.4 is 4.74 Å². The van der Waals surface area contributed by atoms with Gasteiger partial charge in [-0.1, -0.05) is 6.08 Å². The summed E-state index contributed by atoms with van der Waals surface area (Å²) in [7, 11) is 0. The van der Waals surface area contributed by atoms with Crippen LogP contribution in [-0.4, -0.2) is 41.1 Å². The predicted molar refractivity (Wildman–Crippen MR) is 126 cm³/mol. The summed E-state index contributed by atoms with van der Waals surface area (Å²) in [6, 6.07) is 11.1. The number of unbranched alkanes of at least 4 members (excludes halogenated alkanes) is 1. The standard InChI is InChI=1S/C25H26FN3OS/c1-17-28-24-15-20(5-7-25(24)31-17)30-13-3-2-10-29-11-8-18(9-12-29)22-16-27-23-6-4-19(26)14-21(22)23/h4-8,14-16,27H,2-3,9-13H2,1H3. The van der Waals surface area contributed by atoms with Gasteiger partial charge in [0.1, 0.15) is 11.6 Å². The number of hydrogen-bond acceptors (Lipinski definition) is 4. The number of halogens is 1. The highest BCUT2D eigenvalue weighted by molar-refractivity contribution is 7.18. The molecule has 0 amide bonds. The third-order valence-electron chi connectivity index (χ3n) is 5.89. The molecule has 4 nitrogen and oxygen atoms in total. The van der Waals surface area contributed by atoms with Crippen molar-refractivity contribution in [3.63, 3.8) is 0 Å². The second-order valence-corrected chi connectivity index (χ2v) is 9.32. The van der Waals surface area contributed by atoms with Gasteiger partial charge in [0.05, 0.1) is 21.8 Å². The SMILES string of the molecule is Cc1nc2cc(OCCCCN3CC=C(c4c[nH]c5ccc(F)cc45)CC3)ccc2s1. The van der Waals surface area contributed by atoms with Gasteiger partial charge < -0.3 is 9.72 Å². The minimum atomic E-state index is -0.185. The Morgan fingerprint density at radius 3 is 3.00 bits per heavy atom. The zero-order chi connectivity index (χ0) is 21.2. The van der Waals surface area contributed by atoms with E-state index in [9.17, 15) is 4.39 Å². The molecule has 1 aliphatic rings. The van der Waals surface area contributed by atoms with E-state index in [1.807, 2.05) is 31.3 Å². The van der Waals surface area contributed by atoms with Gasteiger partial charge in [-0.3, -0.25) is 4.90 Å². The van der Waals surface area contributed by atoms with Crippen molar-refractivity contribution in [2.45, 2.75) is 26.2 Å². The van der Waals surface area contributed by atoms with Gasteiger partial charge in [0.2, 0.25) is 0 Å². The van der Waals surface area contributed by atoms with Crippen molar-refractivity contribution in [2.75, 3.05) is 26.2 Å². The van der Waals surface area contributed by atoms with E-state index in [0.29, 0.717) is 0 Å². The maximum Gasteiger partial charge on any atom is 0.123 e. The lowest BCUT2D eigenvalue weighted by Crippen LogP contribution is -2.29. The molecule has 2 aromatic carbocycles. The van der Waals surface area contributed by atoms with Gasteiger partial charge in [0.15, 0.2) is 0 Å². The lowest BCUT2D eigenvalue weighted by Gasteiger charge is -2.26. The summed E-state index contributed by atoms with van der Waals surface area (Å²) < 4.78 is 20.8. The molecular weight excluding hydrogens is 409 g/mol. The number of benzene rings is 2. The topological polar surface area (TPSA) is 41.1 Å². The van der Waals surface area contributed by atoms with Crippen molar-refractivity contribution in [2.24, 2.45) is 0 Å². The van der Waals surface area contributed by atoms with E-state index < -0.39 is 0 Å². The van der Waals surface area contributed by atoms with Crippen molar-refractivity contribution in [3.8, 4) is 5.75 Å². The number of thiazole rings is 1. The van der Waals surface area contributed by atoms with Crippen LogP contribution >= 0.6 is 11.3 Å². The first-order valence-corrected chi connectivity index (χ1v) is 11.7. The van der Waals surface area contributed by atoms with E-state index in [2.05, 4.69) is 27.0 Å². The number of rotatable bonds is 7. The Balaban J connectivity index is 1.09. The Morgan fingerprint density at radius 1 is 1.19 bits per heavy atom. The summed E-state index contributed by atoms with van der Waals surface area (Å²) >= 11 is 1.71. The lowest BCUT2D eigenvalue weighted by atomic mass is 9.99. The predicted octanol–water partition coefficient (Wildman–Crippen LogP) is 6.17. The number of H-pyrrole nitrogens is 1. The fourth-order valence-corrected chi connectivity index (χ4v) is 5.06. The van der Waals surface area contributed by atoms with E-state index in [1.165, 1.54) is 16.3 Å². The number of ether oxygens (including phenoxy) is 1. The largest absolute Gasteiger partial charge is 0.494 e. The van der Waals surface area contributed by atoms with Crippen LogP contribution in [0.3, 0.4) is 0 Å². The molecule has 0 aliphatic carbocycles. The molecule has 0 atom stereocenters. The maximum absolute atomic E-state index is 13.6. The fourth-order valence-electron chi connectivity index (χ4n) is 4.26. The second kappa shape index (κ2) is 8.81. The molecule has 0 spiro atoms. The monoisotopic (exact) mass is 435 g/mol. The van der Waals surface area contributed by atoms with Crippen LogP contribution in [0.4, 0.5) is 4.39 Å². The van der Waals surface area contributed by atoms with E-state index in [4.69, 9.17) is 4.74 Å². The number of aryl methyl sites for hydroxylation is 1. The number of aromatic amines is 1. The minimum Gasteiger partial charge on any atom is -0.494 e. The zero-order valence-corrected chi connectivity index (χ0v) is 18.5. The molecule has 160 valence electrons. The van der Waals surface area contributed by atoms with Crippen molar-refractivity contribution < 1.29 is 9.13 Å². The molecule has 0 fully saturated rings. The van der Waals surface area contributed by atoms with Gasteiger partial charge in [0, 0.05) is 41.8 Å². The number of nitrogens with zero attached hydrogens (tertiary/aromatic N) is 2. The summed E-state index contributed by atoms with van der Waals surface area (Å²) in [5.41, 5.74) is 4.46. The van der Waals surface area contributed by atoms with Crippen molar-refractivity contribution in [3.05, 3.63) is 65.1 Å². The Labute approximate surface area is 185 Å². The molecule has 1 aliphatic heterocycles. The summed E-state index contributed by atoms with van der Waals surface area (Å²) in [6.45, 7) is 5.81. The third-order valence-corrected chi connectivity index (χ3v) is 6.84. The summed E-state index contributed by atoms with van der Waals surface area (Å²) in [5.74, 6) is 0.716. The van der Waals surface area contributed by atoms with Crippen LogP contribution in [0.1, 0.15) is 29.8 Å². The van der Waals surface area contributed by atoms with Crippen LogP contribution in [0.25, 0.3) is 26.7 Å². The number of hydrogen-bond donors (Lipinski definition) is 1. The van der Waals surface area contributed by atoms with Gasteiger partial charge >= 0.3 is 0 Å². The zero-order valence-electron chi connectivity index (χ0n) is 17.7. The number of fused-ring (bicyclic) bond motifs is 2. The van der Waals surface area contributed by atoms with Gasteiger partial charge in [-0.05, 0) is 68.6 Å². The summed E-state index contributed by atoms with van der Waals surface area (Å²) in [5, 5.41) is 2.06. The molecule has 0 saturated heterocycles. The first-order chi connectivity index (χ1) is 15.2. The third kappa shape index (κ3) is 4.50. The molecule has 5 rings (SSSR count). The Hall–Kier alpha value is -2.70. The minimum absolute atomic E-state index is 0.185. The first kappa shape index (κ1) is 20.2. The van der Waals surface area contributed by atoms with Crippen LogP contribution in [-0.2, 0) is 0 Å². The second-order valence-electron chi connectivity index (χ2n) is 8.09. The number of aromatic nitrogens is 2. The summed E-state index contributed by atoms with van der Waals surface area (Å²) in [4.78, 5) is 10.3. The van der Waals surface area contributed by atoms with Gasteiger partial charge in [-0.2, -0.15) is 0 Å². The van der Waals surface area contributed by atoms with Crippen LogP contribution in [0.5, 0.6) is 5.75 Å². The maximum atomic E-state index is 13.6. The molecule has 6 heteroatoms. The van der Waals surface area contributed by atoms with Crippen LogP contribution in [0.2, 0.25) is 0 Å².